The monoisotopic (exact) mass is 278 g/mol. The molecular formula is C17H27FN2. The van der Waals surface area contributed by atoms with Crippen LogP contribution in [0.4, 0.5) is 10.1 Å². The molecule has 1 heterocycles. The summed E-state index contributed by atoms with van der Waals surface area (Å²) in [6.45, 7) is 10.5. The summed E-state index contributed by atoms with van der Waals surface area (Å²) in [5.74, 6) is 0.383. The highest BCUT2D eigenvalue weighted by atomic mass is 19.1. The fourth-order valence-corrected chi connectivity index (χ4v) is 3.52. The molecule has 1 aliphatic rings. The Morgan fingerprint density at radius 2 is 2.10 bits per heavy atom. The van der Waals surface area contributed by atoms with Gasteiger partial charge in [-0.05, 0) is 57.4 Å². The molecule has 1 unspecified atom stereocenters. The summed E-state index contributed by atoms with van der Waals surface area (Å²) in [7, 11) is 1.86. The van der Waals surface area contributed by atoms with Crippen molar-refractivity contribution in [3.8, 4) is 0 Å². The zero-order valence-corrected chi connectivity index (χ0v) is 13.4. The first-order valence-electron chi connectivity index (χ1n) is 7.65. The van der Waals surface area contributed by atoms with E-state index >= 15 is 0 Å². The van der Waals surface area contributed by atoms with Gasteiger partial charge in [0, 0.05) is 29.9 Å². The molecule has 0 aromatic heterocycles. The number of anilines is 1. The SMILES string of the molecule is CCCN1c2cc(F)c(CNC)cc2C(C)CC1(C)C. The van der Waals surface area contributed by atoms with Gasteiger partial charge in [-0.25, -0.2) is 4.39 Å². The molecule has 0 bridgehead atoms. The lowest BCUT2D eigenvalue weighted by Gasteiger charge is -2.47. The fraction of sp³-hybridized carbons (Fsp3) is 0.647. The second-order valence-electron chi connectivity index (χ2n) is 6.60. The zero-order valence-electron chi connectivity index (χ0n) is 13.4. The van der Waals surface area contributed by atoms with E-state index in [2.05, 4.69) is 44.0 Å². The van der Waals surface area contributed by atoms with Crippen molar-refractivity contribution < 1.29 is 4.39 Å². The summed E-state index contributed by atoms with van der Waals surface area (Å²) in [6, 6.07) is 3.80. The standard InChI is InChI=1S/C17H27FN2/c1-6-7-20-16-9-15(18)13(11-19-5)8-14(16)12(2)10-17(20,3)4/h8-9,12,19H,6-7,10-11H2,1-5H3. The summed E-state index contributed by atoms with van der Waals surface area (Å²) < 4.78 is 14.3. The maximum absolute atomic E-state index is 14.3. The Hall–Kier alpha value is -1.09. The van der Waals surface area contributed by atoms with E-state index < -0.39 is 0 Å². The van der Waals surface area contributed by atoms with Crippen molar-refractivity contribution >= 4 is 5.69 Å². The van der Waals surface area contributed by atoms with Gasteiger partial charge in [0.25, 0.3) is 0 Å². The van der Waals surface area contributed by atoms with Crippen LogP contribution in [0, 0.1) is 5.82 Å². The molecule has 0 spiro atoms. The predicted octanol–water partition coefficient (Wildman–Crippen LogP) is 4.05. The molecule has 0 aliphatic carbocycles. The number of hydrogen-bond donors (Lipinski definition) is 1. The summed E-state index contributed by atoms with van der Waals surface area (Å²) in [5, 5.41) is 3.05. The van der Waals surface area contributed by atoms with Crippen molar-refractivity contribution in [1.29, 1.82) is 0 Å². The van der Waals surface area contributed by atoms with E-state index in [0.29, 0.717) is 12.5 Å². The molecule has 0 saturated heterocycles. The van der Waals surface area contributed by atoms with Crippen LogP contribution < -0.4 is 10.2 Å². The lowest BCUT2D eigenvalue weighted by molar-refractivity contribution is 0.375. The molecular weight excluding hydrogens is 251 g/mol. The Morgan fingerprint density at radius 1 is 1.40 bits per heavy atom. The number of rotatable bonds is 4. The number of nitrogens with one attached hydrogen (secondary N) is 1. The van der Waals surface area contributed by atoms with Crippen molar-refractivity contribution in [2.75, 3.05) is 18.5 Å². The van der Waals surface area contributed by atoms with Crippen LogP contribution in [-0.2, 0) is 6.54 Å². The summed E-state index contributed by atoms with van der Waals surface area (Å²) in [6.07, 6.45) is 2.20. The Bertz CT molecular complexity index is 482. The molecule has 20 heavy (non-hydrogen) atoms. The van der Waals surface area contributed by atoms with Crippen LogP contribution in [0.5, 0.6) is 0 Å². The Kier molecular flexibility index (Phi) is 4.38. The van der Waals surface area contributed by atoms with Crippen LogP contribution in [-0.4, -0.2) is 19.1 Å². The van der Waals surface area contributed by atoms with Crippen molar-refractivity contribution in [3.05, 3.63) is 29.1 Å². The van der Waals surface area contributed by atoms with Gasteiger partial charge < -0.3 is 10.2 Å². The molecule has 0 radical (unpaired) electrons. The van der Waals surface area contributed by atoms with Gasteiger partial charge in [0.2, 0.25) is 0 Å². The van der Waals surface area contributed by atoms with Crippen molar-refractivity contribution in [3.63, 3.8) is 0 Å². The van der Waals surface area contributed by atoms with E-state index in [1.54, 1.807) is 6.07 Å². The maximum Gasteiger partial charge on any atom is 0.129 e. The smallest absolute Gasteiger partial charge is 0.129 e. The van der Waals surface area contributed by atoms with Crippen LogP contribution in [0.15, 0.2) is 12.1 Å². The number of benzene rings is 1. The molecule has 1 aromatic carbocycles. The minimum absolute atomic E-state index is 0.0934. The van der Waals surface area contributed by atoms with E-state index in [1.165, 1.54) is 5.56 Å². The average Bonchev–Trinajstić information content (AvgIpc) is 2.36. The average molecular weight is 278 g/mol. The van der Waals surface area contributed by atoms with E-state index in [-0.39, 0.29) is 11.4 Å². The third-order valence-corrected chi connectivity index (χ3v) is 4.37. The molecule has 1 aromatic rings. The first kappa shape index (κ1) is 15.3. The minimum Gasteiger partial charge on any atom is -0.366 e. The van der Waals surface area contributed by atoms with E-state index in [4.69, 9.17) is 0 Å². The molecule has 3 heteroatoms. The molecule has 0 amide bonds. The quantitative estimate of drug-likeness (QED) is 0.894. The summed E-state index contributed by atoms with van der Waals surface area (Å²) >= 11 is 0. The number of halogens is 1. The lowest BCUT2D eigenvalue weighted by atomic mass is 9.79. The molecule has 2 rings (SSSR count). The first-order valence-corrected chi connectivity index (χ1v) is 7.65. The van der Waals surface area contributed by atoms with Gasteiger partial charge in [0.05, 0.1) is 0 Å². The second-order valence-corrected chi connectivity index (χ2v) is 6.60. The van der Waals surface area contributed by atoms with Gasteiger partial charge in [-0.1, -0.05) is 13.8 Å². The normalized spacial score (nSPS) is 20.9. The van der Waals surface area contributed by atoms with Gasteiger partial charge >= 0.3 is 0 Å². The van der Waals surface area contributed by atoms with Crippen LogP contribution in [0.3, 0.4) is 0 Å². The fourth-order valence-electron chi connectivity index (χ4n) is 3.52. The van der Waals surface area contributed by atoms with E-state index in [1.807, 2.05) is 7.05 Å². The number of fused-ring (bicyclic) bond motifs is 1. The minimum atomic E-state index is -0.0934. The Balaban J connectivity index is 2.51. The molecule has 1 N–H and O–H groups in total. The van der Waals surface area contributed by atoms with Gasteiger partial charge in [-0.3, -0.25) is 0 Å². The molecule has 1 atom stereocenters. The van der Waals surface area contributed by atoms with Crippen LogP contribution in [0.25, 0.3) is 0 Å². The second kappa shape index (κ2) is 5.72. The highest BCUT2D eigenvalue weighted by Gasteiger charge is 2.36. The van der Waals surface area contributed by atoms with E-state index in [0.717, 1.165) is 30.6 Å². The van der Waals surface area contributed by atoms with E-state index in [9.17, 15) is 4.39 Å². The summed E-state index contributed by atoms with van der Waals surface area (Å²) in [5.41, 5.74) is 3.26. The Labute approximate surface area is 122 Å². The van der Waals surface area contributed by atoms with Gasteiger partial charge in [0.1, 0.15) is 5.82 Å². The first-order chi connectivity index (χ1) is 9.40. The highest BCUT2D eigenvalue weighted by molar-refractivity contribution is 5.61. The van der Waals surface area contributed by atoms with Crippen LogP contribution in [0.2, 0.25) is 0 Å². The van der Waals surface area contributed by atoms with Gasteiger partial charge in [-0.2, -0.15) is 0 Å². The Morgan fingerprint density at radius 3 is 2.70 bits per heavy atom. The number of nitrogens with zero attached hydrogens (tertiary/aromatic N) is 1. The van der Waals surface area contributed by atoms with Crippen molar-refractivity contribution in [1.82, 2.24) is 5.32 Å². The maximum atomic E-state index is 14.3. The predicted molar refractivity (Wildman–Crippen MR) is 83.9 cm³/mol. The van der Waals surface area contributed by atoms with Crippen molar-refractivity contribution in [2.45, 2.75) is 58.5 Å². The third kappa shape index (κ3) is 2.69. The lowest BCUT2D eigenvalue weighted by Crippen LogP contribution is -2.48. The highest BCUT2D eigenvalue weighted by Crippen LogP contribution is 2.44. The molecule has 2 nitrogen and oxygen atoms in total. The zero-order chi connectivity index (χ0) is 14.9. The molecule has 112 valence electrons. The van der Waals surface area contributed by atoms with Crippen LogP contribution in [0.1, 0.15) is 57.6 Å². The van der Waals surface area contributed by atoms with Crippen molar-refractivity contribution in [2.24, 2.45) is 0 Å². The van der Waals surface area contributed by atoms with Gasteiger partial charge in [0.15, 0.2) is 0 Å². The molecule has 0 fully saturated rings. The number of hydrogen-bond acceptors (Lipinski definition) is 2. The van der Waals surface area contributed by atoms with Crippen LogP contribution >= 0.6 is 0 Å². The topological polar surface area (TPSA) is 15.3 Å². The molecule has 1 aliphatic heterocycles. The molecule has 0 saturated carbocycles. The summed E-state index contributed by atoms with van der Waals surface area (Å²) in [4.78, 5) is 2.38. The van der Waals surface area contributed by atoms with Gasteiger partial charge in [-0.15, -0.1) is 0 Å². The largest absolute Gasteiger partial charge is 0.366 e. The third-order valence-electron chi connectivity index (χ3n) is 4.37.